The third-order valence-corrected chi connectivity index (χ3v) is 4.04. The number of ether oxygens (including phenoxy) is 1. The molecule has 0 spiro atoms. The van der Waals surface area contributed by atoms with Gasteiger partial charge in [0.2, 0.25) is 5.91 Å². The first-order chi connectivity index (χ1) is 9.95. The van der Waals surface area contributed by atoms with Crippen LogP contribution in [0.4, 0.5) is 0 Å². The Hall–Kier alpha value is -1.56. The Morgan fingerprint density at radius 2 is 2.24 bits per heavy atom. The van der Waals surface area contributed by atoms with Crippen molar-refractivity contribution in [1.29, 1.82) is 0 Å². The van der Waals surface area contributed by atoms with Gasteiger partial charge in [0.1, 0.15) is 0 Å². The van der Waals surface area contributed by atoms with E-state index in [0.29, 0.717) is 5.92 Å². The summed E-state index contributed by atoms with van der Waals surface area (Å²) in [5.41, 5.74) is 1.12. The molecule has 1 N–H and O–H groups in total. The van der Waals surface area contributed by atoms with Gasteiger partial charge in [0.05, 0.1) is 25.0 Å². The molecule has 0 aromatic carbocycles. The maximum absolute atomic E-state index is 12.2. The van der Waals surface area contributed by atoms with Crippen molar-refractivity contribution in [2.75, 3.05) is 27.7 Å². The molecule has 1 saturated heterocycles. The van der Waals surface area contributed by atoms with Crippen molar-refractivity contribution in [1.82, 2.24) is 20.0 Å². The van der Waals surface area contributed by atoms with E-state index >= 15 is 0 Å². The molecule has 1 amide bonds. The summed E-state index contributed by atoms with van der Waals surface area (Å²) >= 11 is 0. The Bertz CT molecular complexity index is 496. The number of hydrogen-bond acceptors (Lipinski definition) is 4. The molecule has 1 fully saturated rings. The summed E-state index contributed by atoms with van der Waals surface area (Å²) in [7, 11) is 5.27. The normalized spacial score (nSPS) is 22.4. The number of aromatic nitrogens is 2. The summed E-state index contributed by atoms with van der Waals surface area (Å²) in [6.45, 7) is 5.06. The van der Waals surface area contributed by atoms with Crippen molar-refractivity contribution in [2.24, 2.45) is 0 Å². The van der Waals surface area contributed by atoms with E-state index in [4.69, 9.17) is 4.74 Å². The van der Waals surface area contributed by atoms with E-state index in [0.717, 1.165) is 30.8 Å². The van der Waals surface area contributed by atoms with Crippen LogP contribution in [0.15, 0.2) is 6.20 Å². The molecular weight excluding hydrogens is 268 g/mol. The van der Waals surface area contributed by atoms with Crippen molar-refractivity contribution in [2.45, 2.75) is 44.7 Å². The molecule has 1 aliphatic rings. The van der Waals surface area contributed by atoms with Crippen LogP contribution in [-0.2, 0) is 4.79 Å². The van der Waals surface area contributed by atoms with Crippen LogP contribution in [0.1, 0.15) is 44.3 Å². The number of nitrogens with zero attached hydrogens (tertiary/aromatic N) is 3. The molecule has 6 heteroatoms. The second-order valence-corrected chi connectivity index (χ2v) is 6.10. The Kier molecular flexibility index (Phi) is 4.88. The van der Waals surface area contributed by atoms with E-state index in [1.165, 1.54) is 0 Å². The molecule has 2 unspecified atom stereocenters. The topological polar surface area (TPSA) is 59.4 Å². The summed E-state index contributed by atoms with van der Waals surface area (Å²) in [5.74, 6) is 1.25. The molecule has 0 aliphatic carbocycles. The van der Waals surface area contributed by atoms with Gasteiger partial charge in [-0.25, -0.2) is 0 Å². The summed E-state index contributed by atoms with van der Waals surface area (Å²) in [6, 6.07) is 0.153. The van der Waals surface area contributed by atoms with Gasteiger partial charge in [-0.3, -0.25) is 9.48 Å². The molecule has 2 rings (SSSR count). The molecule has 2 heterocycles. The highest BCUT2D eigenvalue weighted by Gasteiger charge is 2.32. The standard InChI is InChI=1S/C15H26N4O2/c1-10(2)19-14(13(21-5)9-17-19)11-6-7-16-12(8-11)15(20)18(3)4/h9-12,16H,6-8H2,1-5H3. The van der Waals surface area contributed by atoms with Crippen LogP contribution in [0, 0.1) is 0 Å². The SMILES string of the molecule is COc1cnn(C(C)C)c1C1CCNC(C(=O)N(C)C)C1. The van der Waals surface area contributed by atoms with E-state index in [-0.39, 0.29) is 18.0 Å². The average molecular weight is 294 g/mol. The van der Waals surface area contributed by atoms with Gasteiger partial charge >= 0.3 is 0 Å². The fraction of sp³-hybridized carbons (Fsp3) is 0.733. The van der Waals surface area contributed by atoms with Crippen molar-refractivity contribution in [3.63, 3.8) is 0 Å². The molecule has 0 bridgehead atoms. The van der Waals surface area contributed by atoms with Crippen molar-refractivity contribution >= 4 is 5.91 Å². The molecule has 118 valence electrons. The van der Waals surface area contributed by atoms with Crippen LogP contribution in [0.3, 0.4) is 0 Å². The van der Waals surface area contributed by atoms with Crippen LogP contribution in [0.2, 0.25) is 0 Å². The Morgan fingerprint density at radius 1 is 1.52 bits per heavy atom. The second-order valence-electron chi connectivity index (χ2n) is 6.10. The minimum absolute atomic E-state index is 0.126. The maximum Gasteiger partial charge on any atom is 0.239 e. The molecule has 1 aliphatic heterocycles. The number of rotatable bonds is 4. The number of methoxy groups -OCH3 is 1. The first kappa shape index (κ1) is 15.8. The largest absolute Gasteiger partial charge is 0.493 e. The lowest BCUT2D eigenvalue weighted by Gasteiger charge is -2.32. The van der Waals surface area contributed by atoms with Gasteiger partial charge in [-0.1, -0.05) is 0 Å². The minimum Gasteiger partial charge on any atom is -0.493 e. The molecule has 2 atom stereocenters. The zero-order valence-electron chi connectivity index (χ0n) is 13.6. The average Bonchev–Trinajstić information content (AvgIpc) is 2.90. The van der Waals surface area contributed by atoms with E-state index in [2.05, 4.69) is 24.3 Å². The highest BCUT2D eigenvalue weighted by molar-refractivity contribution is 5.81. The predicted octanol–water partition coefficient (Wildman–Crippen LogP) is 1.40. The molecule has 21 heavy (non-hydrogen) atoms. The molecule has 1 aromatic rings. The van der Waals surface area contributed by atoms with Gasteiger partial charge < -0.3 is 15.0 Å². The third-order valence-electron chi connectivity index (χ3n) is 4.04. The quantitative estimate of drug-likeness (QED) is 0.912. The second kappa shape index (κ2) is 6.47. The zero-order chi connectivity index (χ0) is 15.6. The summed E-state index contributed by atoms with van der Waals surface area (Å²) in [4.78, 5) is 13.8. The fourth-order valence-corrected chi connectivity index (χ4v) is 2.98. The highest BCUT2D eigenvalue weighted by atomic mass is 16.5. The monoisotopic (exact) mass is 294 g/mol. The van der Waals surface area contributed by atoms with E-state index in [9.17, 15) is 4.79 Å². The lowest BCUT2D eigenvalue weighted by Crippen LogP contribution is -2.48. The predicted molar refractivity (Wildman–Crippen MR) is 81.6 cm³/mol. The highest BCUT2D eigenvalue weighted by Crippen LogP contribution is 2.35. The lowest BCUT2D eigenvalue weighted by molar-refractivity contribution is -0.131. The minimum atomic E-state index is -0.126. The number of nitrogens with one attached hydrogen (secondary N) is 1. The third kappa shape index (κ3) is 3.20. The van der Waals surface area contributed by atoms with Gasteiger partial charge in [0.25, 0.3) is 0 Å². The van der Waals surface area contributed by atoms with Gasteiger partial charge in [-0.05, 0) is 33.2 Å². The maximum atomic E-state index is 12.2. The summed E-state index contributed by atoms with van der Waals surface area (Å²) in [6.07, 6.45) is 3.55. The van der Waals surface area contributed by atoms with Gasteiger partial charge in [0.15, 0.2) is 5.75 Å². The van der Waals surface area contributed by atoms with Crippen LogP contribution in [0.25, 0.3) is 0 Å². The smallest absolute Gasteiger partial charge is 0.239 e. The molecule has 0 saturated carbocycles. The number of carbonyl (C=O) groups excluding carboxylic acids is 1. The Morgan fingerprint density at radius 3 is 2.81 bits per heavy atom. The summed E-state index contributed by atoms with van der Waals surface area (Å²) in [5, 5.41) is 7.76. The van der Waals surface area contributed by atoms with E-state index in [1.54, 1.807) is 32.3 Å². The number of amides is 1. The first-order valence-electron chi connectivity index (χ1n) is 7.51. The number of piperidine rings is 1. The number of carbonyl (C=O) groups is 1. The molecule has 0 radical (unpaired) electrons. The Balaban J connectivity index is 2.25. The molecule has 6 nitrogen and oxygen atoms in total. The lowest BCUT2D eigenvalue weighted by atomic mass is 9.88. The van der Waals surface area contributed by atoms with Gasteiger partial charge in [0, 0.05) is 26.1 Å². The molecule has 1 aromatic heterocycles. The van der Waals surface area contributed by atoms with Crippen molar-refractivity contribution in [3.8, 4) is 5.75 Å². The van der Waals surface area contributed by atoms with Gasteiger partial charge in [-0.15, -0.1) is 0 Å². The van der Waals surface area contributed by atoms with Crippen molar-refractivity contribution in [3.05, 3.63) is 11.9 Å². The molecular formula is C15H26N4O2. The number of hydrogen-bond donors (Lipinski definition) is 1. The van der Waals surface area contributed by atoms with Crippen LogP contribution >= 0.6 is 0 Å². The van der Waals surface area contributed by atoms with Crippen LogP contribution in [-0.4, -0.2) is 54.4 Å². The summed E-state index contributed by atoms with van der Waals surface area (Å²) < 4.78 is 7.49. The van der Waals surface area contributed by atoms with E-state index < -0.39 is 0 Å². The number of likely N-dealkylation sites (N-methyl/N-ethyl adjacent to an activating group) is 1. The fourth-order valence-electron chi connectivity index (χ4n) is 2.98. The van der Waals surface area contributed by atoms with Crippen LogP contribution in [0.5, 0.6) is 5.75 Å². The Labute approximate surface area is 126 Å². The zero-order valence-corrected chi connectivity index (χ0v) is 13.6. The van der Waals surface area contributed by atoms with E-state index in [1.807, 2.05) is 4.68 Å². The van der Waals surface area contributed by atoms with Crippen LogP contribution < -0.4 is 10.1 Å². The first-order valence-corrected chi connectivity index (χ1v) is 7.51. The van der Waals surface area contributed by atoms with Gasteiger partial charge in [-0.2, -0.15) is 5.10 Å². The van der Waals surface area contributed by atoms with Crippen molar-refractivity contribution < 1.29 is 9.53 Å².